The Hall–Kier alpha value is -2.23. The average molecular weight is 460 g/mol. The second-order valence-electron chi connectivity index (χ2n) is 6.77. The van der Waals surface area contributed by atoms with Crippen molar-refractivity contribution in [1.82, 2.24) is 9.97 Å². The van der Waals surface area contributed by atoms with Crippen LogP contribution in [0.5, 0.6) is 0 Å². The summed E-state index contributed by atoms with van der Waals surface area (Å²) in [6.07, 6.45) is 1.02. The van der Waals surface area contributed by atoms with Crippen LogP contribution in [-0.2, 0) is 27.2 Å². The number of carbonyl (C=O) groups is 2. The number of aryl methyl sites for hydroxylation is 1. The van der Waals surface area contributed by atoms with Crippen LogP contribution in [0.4, 0.5) is 5.69 Å². The Balaban J connectivity index is 1.37. The summed E-state index contributed by atoms with van der Waals surface area (Å²) in [7, 11) is 0. The highest BCUT2D eigenvalue weighted by molar-refractivity contribution is 8.01. The molecule has 0 bridgehead atoms. The fourth-order valence-electron chi connectivity index (χ4n) is 3.31. The number of hydrogen-bond acceptors (Lipinski definition) is 8. The summed E-state index contributed by atoms with van der Waals surface area (Å²) in [5.74, 6) is 0.105. The van der Waals surface area contributed by atoms with Crippen molar-refractivity contribution in [2.45, 2.75) is 31.0 Å². The zero-order valence-electron chi connectivity index (χ0n) is 16.7. The third kappa shape index (κ3) is 4.74. The number of thiazole rings is 2. The number of aromatic nitrogens is 2. The molecule has 1 aromatic carbocycles. The fourth-order valence-corrected chi connectivity index (χ4v) is 5.66. The lowest BCUT2D eigenvalue weighted by molar-refractivity contribution is -0.142. The quantitative estimate of drug-likeness (QED) is 0.386. The Labute approximate surface area is 187 Å². The summed E-state index contributed by atoms with van der Waals surface area (Å²) in [4.78, 5) is 35.2. The van der Waals surface area contributed by atoms with Crippen LogP contribution in [0.25, 0.3) is 11.3 Å². The van der Waals surface area contributed by atoms with Gasteiger partial charge in [0.05, 0.1) is 35.2 Å². The number of nitrogens with zero attached hydrogens (tertiary/aromatic N) is 3. The topological polar surface area (TPSA) is 72.4 Å². The van der Waals surface area contributed by atoms with Gasteiger partial charge in [-0.15, -0.1) is 22.7 Å². The SMILES string of the molecule is CCOC(=O)Cc1csc(SCC(=O)N2CCc3cc(-c4csc(C)n4)ccc32)n1. The molecular formula is C21H21N3O3S3. The van der Waals surface area contributed by atoms with E-state index in [0.717, 1.165) is 32.7 Å². The third-order valence-electron chi connectivity index (χ3n) is 4.67. The molecule has 156 valence electrons. The molecule has 0 atom stereocenters. The fraction of sp³-hybridized carbons (Fsp3) is 0.333. The minimum atomic E-state index is -0.281. The van der Waals surface area contributed by atoms with Gasteiger partial charge in [0, 0.05) is 28.6 Å². The van der Waals surface area contributed by atoms with Gasteiger partial charge >= 0.3 is 5.97 Å². The molecule has 0 unspecified atom stereocenters. The third-order valence-corrected chi connectivity index (χ3v) is 7.50. The van der Waals surface area contributed by atoms with E-state index in [4.69, 9.17) is 4.74 Å². The molecule has 4 rings (SSSR count). The molecule has 9 heteroatoms. The van der Waals surface area contributed by atoms with Gasteiger partial charge in [-0.05, 0) is 38.0 Å². The van der Waals surface area contributed by atoms with Crippen molar-refractivity contribution in [2.75, 3.05) is 23.8 Å². The summed E-state index contributed by atoms with van der Waals surface area (Å²) < 4.78 is 5.73. The van der Waals surface area contributed by atoms with Gasteiger partial charge in [-0.25, -0.2) is 9.97 Å². The van der Waals surface area contributed by atoms with Gasteiger partial charge in [0.1, 0.15) is 0 Å². The summed E-state index contributed by atoms with van der Waals surface area (Å²) in [6, 6.07) is 6.21. The van der Waals surface area contributed by atoms with E-state index in [9.17, 15) is 9.59 Å². The van der Waals surface area contributed by atoms with E-state index < -0.39 is 0 Å². The van der Waals surface area contributed by atoms with Crippen molar-refractivity contribution >= 4 is 52.0 Å². The van der Waals surface area contributed by atoms with Gasteiger partial charge < -0.3 is 9.64 Å². The molecule has 0 spiro atoms. The Kier molecular flexibility index (Phi) is 6.50. The van der Waals surface area contributed by atoms with E-state index in [2.05, 4.69) is 21.4 Å². The van der Waals surface area contributed by atoms with Crippen LogP contribution in [-0.4, -0.2) is 40.7 Å². The highest BCUT2D eigenvalue weighted by Crippen LogP contribution is 2.33. The maximum absolute atomic E-state index is 12.8. The predicted molar refractivity (Wildman–Crippen MR) is 122 cm³/mol. The van der Waals surface area contributed by atoms with Crippen molar-refractivity contribution in [3.8, 4) is 11.3 Å². The smallest absolute Gasteiger partial charge is 0.311 e. The summed E-state index contributed by atoms with van der Waals surface area (Å²) >= 11 is 4.50. The van der Waals surface area contributed by atoms with Crippen molar-refractivity contribution in [3.63, 3.8) is 0 Å². The highest BCUT2D eigenvalue weighted by atomic mass is 32.2. The van der Waals surface area contributed by atoms with Gasteiger partial charge in [0.25, 0.3) is 0 Å². The van der Waals surface area contributed by atoms with E-state index >= 15 is 0 Å². The molecule has 6 nitrogen and oxygen atoms in total. The van der Waals surface area contributed by atoms with Gasteiger partial charge in [0.15, 0.2) is 4.34 Å². The number of rotatable bonds is 7. The first-order valence-corrected chi connectivity index (χ1v) is 12.4. The maximum atomic E-state index is 12.8. The zero-order valence-corrected chi connectivity index (χ0v) is 19.2. The molecule has 0 saturated heterocycles. The molecule has 1 aliphatic heterocycles. The second kappa shape index (κ2) is 9.28. The monoisotopic (exact) mass is 459 g/mol. The summed E-state index contributed by atoms with van der Waals surface area (Å²) in [5.41, 5.74) is 4.94. The van der Waals surface area contributed by atoms with E-state index in [1.165, 1.54) is 28.7 Å². The molecule has 0 fully saturated rings. The van der Waals surface area contributed by atoms with E-state index in [0.29, 0.717) is 24.6 Å². The standard InChI is InChI=1S/C21H21N3O3S3/c1-3-27-20(26)9-16-10-29-21(23-16)30-12-19(25)24-7-6-15-8-14(4-5-18(15)24)17-11-28-13(2)22-17/h4-5,8,10-11H,3,6-7,9,12H2,1-2H3. The van der Waals surface area contributed by atoms with Crippen LogP contribution in [0, 0.1) is 6.92 Å². The number of amides is 1. The first kappa shape index (κ1) is 21.0. The van der Waals surface area contributed by atoms with Crippen molar-refractivity contribution in [1.29, 1.82) is 0 Å². The first-order valence-electron chi connectivity index (χ1n) is 9.62. The minimum Gasteiger partial charge on any atom is -0.466 e. The second-order valence-corrected chi connectivity index (χ2v) is 9.91. The largest absolute Gasteiger partial charge is 0.466 e. The van der Waals surface area contributed by atoms with Gasteiger partial charge in [-0.1, -0.05) is 17.8 Å². The number of fused-ring (bicyclic) bond motifs is 1. The highest BCUT2D eigenvalue weighted by Gasteiger charge is 2.25. The number of thioether (sulfide) groups is 1. The number of benzene rings is 1. The van der Waals surface area contributed by atoms with Crippen LogP contribution in [0.1, 0.15) is 23.2 Å². The Morgan fingerprint density at radius 2 is 2.10 bits per heavy atom. The predicted octanol–water partition coefficient (Wildman–Crippen LogP) is 4.36. The molecule has 1 aliphatic rings. The van der Waals surface area contributed by atoms with Crippen molar-refractivity contribution < 1.29 is 14.3 Å². The van der Waals surface area contributed by atoms with E-state index in [-0.39, 0.29) is 18.3 Å². The van der Waals surface area contributed by atoms with Crippen molar-refractivity contribution in [3.05, 3.63) is 45.2 Å². The van der Waals surface area contributed by atoms with Crippen LogP contribution in [0.3, 0.4) is 0 Å². The van der Waals surface area contributed by atoms with Gasteiger partial charge in [0.2, 0.25) is 5.91 Å². The Morgan fingerprint density at radius 3 is 2.87 bits per heavy atom. The molecule has 0 aliphatic carbocycles. The van der Waals surface area contributed by atoms with Gasteiger partial charge in [-0.3, -0.25) is 9.59 Å². The summed E-state index contributed by atoms with van der Waals surface area (Å²) in [6.45, 7) is 4.84. The lowest BCUT2D eigenvalue weighted by atomic mass is 10.1. The van der Waals surface area contributed by atoms with Crippen molar-refractivity contribution in [2.24, 2.45) is 0 Å². The number of esters is 1. The zero-order chi connectivity index (χ0) is 21.1. The lowest BCUT2D eigenvalue weighted by Gasteiger charge is -2.17. The van der Waals surface area contributed by atoms with E-state index in [1.807, 2.05) is 29.3 Å². The van der Waals surface area contributed by atoms with Crippen LogP contribution >= 0.6 is 34.4 Å². The van der Waals surface area contributed by atoms with Crippen LogP contribution < -0.4 is 4.90 Å². The molecule has 0 saturated carbocycles. The summed E-state index contributed by atoms with van der Waals surface area (Å²) in [5, 5.41) is 4.96. The number of anilines is 1. The lowest BCUT2D eigenvalue weighted by Crippen LogP contribution is -2.30. The molecule has 0 N–H and O–H groups in total. The maximum Gasteiger partial charge on any atom is 0.311 e. The number of carbonyl (C=O) groups excluding carboxylic acids is 2. The molecule has 2 aromatic heterocycles. The molecule has 1 amide bonds. The number of hydrogen-bond donors (Lipinski definition) is 0. The van der Waals surface area contributed by atoms with Gasteiger partial charge in [-0.2, -0.15) is 0 Å². The Bertz CT molecular complexity index is 1080. The number of ether oxygens (including phenoxy) is 1. The Morgan fingerprint density at radius 1 is 1.23 bits per heavy atom. The molecule has 3 aromatic rings. The molecule has 30 heavy (non-hydrogen) atoms. The van der Waals surface area contributed by atoms with E-state index in [1.54, 1.807) is 18.3 Å². The average Bonchev–Trinajstić information content (AvgIpc) is 3.45. The minimum absolute atomic E-state index is 0.0677. The first-order chi connectivity index (χ1) is 14.5. The molecule has 0 radical (unpaired) electrons. The molecule has 3 heterocycles. The normalized spacial score (nSPS) is 12.8. The van der Waals surface area contributed by atoms with Crippen LogP contribution in [0.15, 0.2) is 33.3 Å². The van der Waals surface area contributed by atoms with Crippen LogP contribution in [0.2, 0.25) is 0 Å². The molecular weight excluding hydrogens is 438 g/mol.